The lowest BCUT2D eigenvalue weighted by atomic mass is 10.1. The number of aryl methyl sites for hydroxylation is 1. The molecule has 2 aromatic rings. The number of pyridine rings is 1. The molecule has 2 heterocycles. The highest BCUT2D eigenvalue weighted by Crippen LogP contribution is 2.20. The number of hydrogen-bond acceptors (Lipinski definition) is 3. The standard InChI is InChI=1S/C11H10N4/c1-2-9-8(7-12)11(15-14-9)10-5-3-4-6-13-10/h3-6H,2H2,1H3,(H,14,15). The zero-order valence-electron chi connectivity index (χ0n) is 8.36. The van der Waals surface area contributed by atoms with Gasteiger partial charge in [-0.05, 0) is 18.6 Å². The van der Waals surface area contributed by atoms with Gasteiger partial charge in [0.25, 0.3) is 0 Å². The molecule has 4 heteroatoms. The molecule has 0 saturated heterocycles. The summed E-state index contributed by atoms with van der Waals surface area (Å²) < 4.78 is 0. The second-order valence-electron chi connectivity index (χ2n) is 3.11. The van der Waals surface area contributed by atoms with Crippen LogP contribution < -0.4 is 0 Å². The predicted octanol–water partition coefficient (Wildman–Crippen LogP) is 1.91. The minimum Gasteiger partial charge on any atom is -0.281 e. The number of nitriles is 1. The first-order valence-electron chi connectivity index (χ1n) is 4.75. The van der Waals surface area contributed by atoms with Gasteiger partial charge in [0.2, 0.25) is 0 Å². The SMILES string of the molecule is CCc1[nH]nc(-c2ccccn2)c1C#N. The molecule has 0 amide bonds. The fourth-order valence-corrected chi connectivity index (χ4v) is 1.44. The average molecular weight is 198 g/mol. The normalized spacial score (nSPS) is 9.87. The predicted molar refractivity (Wildman–Crippen MR) is 55.9 cm³/mol. The molecule has 0 aliphatic carbocycles. The van der Waals surface area contributed by atoms with E-state index in [1.165, 1.54) is 0 Å². The lowest BCUT2D eigenvalue weighted by molar-refractivity contribution is 0.972. The van der Waals surface area contributed by atoms with Gasteiger partial charge in [0.15, 0.2) is 0 Å². The highest BCUT2D eigenvalue weighted by Gasteiger charge is 2.13. The fourth-order valence-electron chi connectivity index (χ4n) is 1.44. The van der Waals surface area contributed by atoms with Crippen LogP contribution in [0.4, 0.5) is 0 Å². The molecule has 0 aromatic carbocycles. The van der Waals surface area contributed by atoms with E-state index in [1.54, 1.807) is 6.20 Å². The number of rotatable bonds is 2. The van der Waals surface area contributed by atoms with Gasteiger partial charge in [-0.15, -0.1) is 0 Å². The summed E-state index contributed by atoms with van der Waals surface area (Å²) in [5, 5.41) is 16.0. The first-order valence-corrected chi connectivity index (χ1v) is 4.75. The second kappa shape index (κ2) is 3.93. The van der Waals surface area contributed by atoms with Crippen LogP contribution in [-0.4, -0.2) is 15.2 Å². The molecule has 1 N–H and O–H groups in total. The Bertz CT molecular complexity index is 493. The van der Waals surface area contributed by atoms with Gasteiger partial charge in [0.05, 0.1) is 11.4 Å². The molecule has 2 rings (SSSR count). The summed E-state index contributed by atoms with van der Waals surface area (Å²) in [5.41, 5.74) is 2.81. The summed E-state index contributed by atoms with van der Waals surface area (Å²) in [6.07, 6.45) is 2.46. The molecule has 74 valence electrons. The van der Waals surface area contributed by atoms with Crippen molar-refractivity contribution in [1.82, 2.24) is 15.2 Å². The Kier molecular flexibility index (Phi) is 2.46. The molecule has 0 saturated carbocycles. The Morgan fingerprint density at radius 2 is 2.33 bits per heavy atom. The number of hydrogen-bond donors (Lipinski definition) is 1. The minimum atomic E-state index is 0.594. The third-order valence-corrected chi connectivity index (χ3v) is 2.21. The van der Waals surface area contributed by atoms with Crippen molar-refractivity contribution in [2.75, 3.05) is 0 Å². The highest BCUT2D eigenvalue weighted by molar-refractivity contribution is 5.64. The zero-order valence-corrected chi connectivity index (χ0v) is 8.36. The van der Waals surface area contributed by atoms with Gasteiger partial charge in [0, 0.05) is 6.20 Å². The highest BCUT2D eigenvalue weighted by atomic mass is 15.1. The minimum absolute atomic E-state index is 0.594. The van der Waals surface area contributed by atoms with Crippen LogP contribution in [-0.2, 0) is 6.42 Å². The van der Waals surface area contributed by atoms with Gasteiger partial charge in [0.1, 0.15) is 17.3 Å². The van der Waals surface area contributed by atoms with E-state index in [4.69, 9.17) is 5.26 Å². The van der Waals surface area contributed by atoms with E-state index in [0.717, 1.165) is 17.8 Å². The van der Waals surface area contributed by atoms with E-state index < -0.39 is 0 Å². The lowest BCUT2D eigenvalue weighted by Crippen LogP contribution is -1.87. The monoisotopic (exact) mass is 198 g/mol. The van der Waals surface area contributed by atoms with Crippen LogP contribution in [0, 0.1) is 11.3 Å². The van der Waals surface area contributed by atoms with Crippen molar-refractivity contribution >= 4 is 0 Å². The molecule has 0 fully saturated rings. The average Bonchev–Trinajstić information content (AvgIpc) is 2.72. The lowest BCUT2D eigenvalue weighted by Gasteiger charge is -1.95. The largest absolute Gasteiger partial charge is 0.281 e. The Labute approximate surface area is 87.6 Å². The van der Waals surface area contributed by atoms with Crippen LogP contribution >= 0.6 is 0 Å². The number of aromatic amines is 1. The van der Waals surface area contributed by atoms with Crippen LogP contribution in [0.2, 0.25) is 0 Å². The first kappa shape index (κ1) is 9.41. The van der Waals surface area contributed by atoms with Gasteiger partial charge in [-0.3, -0.25) is 10.1 Å². The van der Waals surface area contributed by atoms with Crippen molar-refractivity contribution in [3.8, 4) is 17.5 Å². The van der Waals surface area contributed by atoms with Crippen molar-refractivity contribution in [3.05, 3.63) is 35.7 Å². The van der Waals surface area contributed by atoms with Crippen LogP contribution in [0.25, 0.3) is 11.4 Å². The maximum Gasteiger partial charge on any atom is 0.128 e. The van der Waals surface area contributed by atoms with E-state index >= 15 is 0 Å². The molecule has 2 aromatic heterocycles. The zero-order chi connectivity index (χ0) is 10.7. The summed E-state index contributed by atoms with van der Waals surface area (Å²) in [6, 6.07) is 7.72. The van der Waals surface area contributed by atoms with E-state index in [0.29, 0.717) is 11.3 Å². The molecule has 0 aliphatic rings. The van der Waals surface area contributed by atoms with Crippen molar-refractivity contribution in [2.24, 2.45) is 0 Å². The number of nitrogens with zero attached hydrogens (tertiary/aromatic N) is 3. The second-order valence-corrected chi connectivity index (χ2v) is 3.11. The summed E-state index contributed by atoms with van der Waals surface area (Å²) in [7, 11) is 0. The number of aromatic nitrogens is 3. The van der Waals surface area contributed by atoms with Gasteiger partial charge in [-0.2, -0.15) is 10.4 Å². The van der Waals surface area contributed by atoms with Crippen LogP contribution in [0.15, 0.2) is 24.4 Å². The summed E-state index contributed by atoms with van der Waals surface area (Å²) >= 11 is 0. The molecule has 0 bridgehead atoms. The Morgan fingerprint density at radius 3 is 2.93 bits per heavy atom. The summed E-state index contributed by atoms with van der Waals surface area (Å²) in [5.74, 6) is 0. The molecule has 0 radical (unpaired) electrons. The molecule has 0 spiro atoms. The molecule has 0 unspecified atom stereocenters. The third-order valence-electron chi connectivity index (χ3n) is 2.21. The van der Waals surface area contributed by atoms with E-state index in [2.05, 4.69) is 21.3 Å². The fraction of sp³-hybridized carbons (Fsp3) is 0.182. The maximum absolute atomic E-state index is 9.04. The molecular weight excluding hydrogens is 188 g/mol. The first-order chi connectivity index (χ1) is 7.36. The van der Waals surface area contributed by atoms with Crippen molar-refractivity contribution in [3.63, 3.8) is 0 Å². The van der Waals surface area contributed by atoms with Crippen molar-refractivity contribution < 1.29 is 0 Å². The third kappa shape index (κ3) is 1.59. The van der Waals surface area contributed by atoms with Crippen LogP contribution in [0.1, 0.15) is 18.2 Å². The molecular formula is C11H10N4. The van der Waals surface area contributed by atoms with E-state index in [1.807, 2.05) is 25.1 Å². The van der Waals surface area contributed by atoms with Gasteiger partial charge in [-0.25, -0.2) is 0 Å². The Hall–Kier alpha value is -2.15. The summed E-state index contributed by atoms with van der Waals surface area (Å²) in [6.45, 7) is 1.98. The smallest absolute Gasteiger partial charge is 0.128 e. The number of nitrogens with one attached hydrogen (secondary N) is 1. The molecule has 0 aliphatic heterocycles. The van der Waals surface area contributed by atoms with Crippen LogP contribution in [0.5, 0.6) is 0 Å². The quantitative estimate of drug-likeness (QED) is 0.801. The van der Waals surface area contributed by atoms with Crippen LogP contribution in [0.3, 0.4) is 0 Å². The Balaban J connectivity index is 2.55. The van der Waals surface area contributed by atoms with E-state index in [9.17, 15) is 0 Å². The molecule has 15 heavy (non-hydrogen) atoms. The maximum atomic E-state index is 9.04. The number of H-pyrrole nitrogens is 1. The topological polar surface area (TPSA) is 65.4 Å². The molecule has 4 nitrogen and oxygen atoms in total. The summed E-state index contributed by atoms with van der Waals surface area (Å²) in [4.78, 5) is 4.17. The van der Waals surface area contributed by atoms with Gasteiger partial charge >= 0.3 is 0 Å². The van der Waals surface area contributed by atoms with Crippen molar-refractivity contribution in [2.45, 2.75) is 13.3 Å². The molecule has 0 atom stereocenters. The van der Waals surface area contributed by atoms with Gasteiger partial charge in [-0.1, -0.05) is 13.0 Å². The van der Waals surface area contributed by atoms with Crippen molar-refractivity contribution in [1.29, 1.82) is 5.26 Å². The Morgan fingerprint density at radius 1 is 1.47 bits per heavy atom. The van der Waals surface area contributed by atoms with E-state index in [-0.39, 0.29) is 0 Å². The van der Waals surface area contributed by atoms with Gasteiger partial charge < -0.3 is 0 Å².